The standard InChI is InChI=1S/C6H8O3/c7-6(8)4-3-1-2-9-5(3)4/h3-5H,1-2H2,(H,7,8). The highest BCUT2D eigenvalue weighted by atomic mass is 16.5. The molecule has 1 aliphatic carbocycles. The van der Waals surface area contributed by atoms with Gasteiger partial charge >= 0.3 is 5.97 Å². The van der Waals surface area contributed by atoms with Crippen molar-refractivity contribution in [2.45, 2.75) is 12.5 Å². The molecule has 3 heteroatoms. The van der Waals surface area contributed by atoms with Crippen molar-refractivity contribution in [1.82, 2.24) is 0 Å². The van der Waals surface area contributed by atoms with Gasteiger partial charge in [-0.25, -0.2) is 0 Å². The summed E-state index contributed by atoms with van der Waals surface area (Å²) in [6.45, 7) is 0.763. The molecule has 1 heterocycles. The van der Waals surface area contributed by atoms with E-state index in [2.05, 4.69) is 0 Å². The molecule has 2 rings (SSSR count). The summed E-state index contributed by atoms with van der Waals surface area (Å²) in [6.07, 6.45) is 1.02. The molecular formula is C6H8O3. The van der Waals surface area contributed by atoms with Crippen LogP contribution in [0.1, 0.15) is 6.42 Å². The summed E-state index contributed by atoms with van der Waals surface area (Å²) >= 11 is 0. The van der Waals surface area contributed by atoms with Gasteiger partial charge in [0, 0.05) is 12.5 Å². The molecule has 0 amide bonds. The number of fused-ring (bicyclic) bond motifs is 1. The van der Waals surface area contributed by atoms with Crippen LogP contribution in [0.5, 0.6) is 0 Å². The Labute approximate surface area is 52.6 Å². The van der Waals surface area contributed by atoms with Gasteiger partial charge in [-0.1, -0.05) is 0 Å². The summed E-state index contributed by atoms with van der Waals surface area (Å²) in [5.74, 6) is -0.508. The summed E-state index contributed by atoms with van der Waals surface area (Å²) in [6, 6.07) is 0. The Morgan fingerprint density at radius 3 is 2.78 bits per heavy atom. The van der Waals surface area contributed by atoms with Gasteiger partial charge in [-0.2, -0.15) is 0 Å². The quantitative estimate of drug-likeness (QED) is 0.545. The van der Waals surface area contributed by atoms with Crippen LogP contribution in [0, 0.1) is 11.8 Å². The molecule has 0 bridgehead atoms. The van der Waals surface area contributed by atoms with E-state index in [1.54, 1.807) is 0 Å². The molecule has 50 valence electrons. The maximum atomic E-state index is 10.3. The molecule has 0 aromatic rings. The number of carboxylic acid groups (broad SMARTS) is 1. The first-order valence-corrected chi connectivity index (χ1v) is 3.15. The molecule has 3 nitrogen and oxygen atoms in total. The first-order chi connectivity index (χ1) is 4.30. The maximum Gasteiger partial charge on any atom is 0.309 e. The largest absolute Gasteiger partial charge is 0.481 e. The van der Waals surface area contributed by atoms with Crippen molar-refractivity contribution in [3.63, 3.8) is 0 Å². The predicted molar refractivity (Wildman–Crippen MR) is 29.0 cm³/mol. The second kappa shape index (κ2) is 1.48. The van der Waals surface area contributed by atoms with Crippen LogP contribution in [0.4, 0.5) is 0 Å². The topological polar surface area (TPSA) is 46.5 Å². The van der Waals surface area contributed by atoms with E-state index in [4.69, 9.17) is 9.84 Å². The van der Waals surface area contributed by atoms with Gasteiger partial charge in [-0.05, 0) is 6.42 Å². The van der Waals surface area contributed by atoms with Crippen LogP contribution in [0.3, 0.4) is 0 Å². The van der Waals surface area contributed by atoms with E-state index in [9.17, 15) is 4.79 Å². The van der Waals surface area contributed by atoms with Crippen LogP contribution in [-0.4, -0.2) is 23.8 Å². The summed E-state index contributed by atoms with van der Waals surface area (Å²) in [7, 11) is 0. The normalized spacial score (nSPS) is 46.4. The average Bonchev–Trinajstić information content (AvgIpc) is 2.30. The van der Waals surface area contributed by atoms with Crippen LogP contribution in [0.25, 0.3) is 0 Å². The SMILES string of the molecule is O=C(O)C1C2CCOC21. The Morgan fingerprint density at radius 1 is 1.67 bits per heavy atom. The van der Waals surface area contributed by atoms with E-state index >= 15 is 0 Å². The molecule has 1 aliphatic heterocycles. The fourth-order valence-corrected chi connectivity index (χ4v) is 1.58. The molecule has 1 N–H and O–H groups in total. The molecule has 2 fully saturated rings. The maximum absolute atomic E-state index is 10.3. The minimum absolute atomic E-state index is 0.0718. The van der Waals surface area contributed by atoms with E-state index in [0.717, 1.165) is 13.0 Å². The average molecular weight is 128 g/mol. The van der Waals surface area contributed by atoms with Gasteiger partial charge in [0.1, 0.15) is 0 Å². The van der Waals surface area contributed by atoms with Crippen LogP contribution >= 0.6 is 0 Å². The third-order valence-electron chi connectivity index (χ3n) is 2.14. The number of ether oxygens (including phenoxy) is 1. The second-order valence-electron chi connectivity index (χ2n) is 2.65. The van der Waals surface area contributed by atoms with Crippen LogP contribution in [0.2, 0.25) is 0 Å². The Kier molecular flexibility index (Phi) is 0.858. The van der Waals surface area contributed by atoms with Gasteiger partial charge in [0.05, 0.1) is 12.0 Å². The zero-order chi connectivity index (χ0) is 6.43. The Morgan fingerprint density at radius 2 is 2.44 bits per heavy atom. The fraction of sp³-hybridized carbons (Fsp3) is 0.833. The lowest BCUT2D eigenvalue weighted by Gasteiger charge is -1.95. The molecule has 0 radical (unpaired) electrons. The van der Waals surface area contributed by atoms with E-state index < -0.39 is 5.97 Å². The molecule has 1 saturated heterocycles. The van der Waals surface area contributed by atoms with Crippen molar-refractivity contribution in [1.29, 1.82) is 0 Å². The molecule has 0 aromatic carbocycles. The number of carbonyl (C=O) groups is 1. The lowest BCUT2D eigenvalue weighted by Crippen LogP contribution is -2.07. The number of carboxylic acids is 1. The highest BCUT2D eigenvalue weighted by molar-refractivity contribution is 5.75. The molecule has 2 aliphatic rings. The number of hydrogen-bond donors (Lipinski definition) is 1. The monoisotopic (exact) mass is 128 g/mol. The zero-order valence-corrected chi connectivity index (χ0v) is 4.91. The van der Waals surface area contributed by atoms with Crippen molar-refractivity contribution in [2.24, 2.45) is 11.8 Å². The van der Waals surface area contributed by atoms with Crippen molar-refractivity contribution in [2.75, 3.05) is 6.61 Å². The van der Waals surface area contributed by atoms with Crippen LogP contribution in [-0.2, 0) is 9.53 Å². The number of hydrogen-bond acceptors (Lipinski definition) is 2. The van der Waals surface area contributed by atoms with Gasteiger partial charge in [-0.3, -0.25) is 4.79 Å². The Hall–Kier alpha value is -0.570. The first-order valence-electron chi connectivity index (χ1n) is 3.15. The van der Waals surface area contributed by atoms with Crippen LogP contribution < -0.4 is 0 Å². The third-order valence-corrected chi connectivity index (χ3v) is 2.14. The summed E-state index contributed by atoms with van der Waals surface area (Å²) in [5, 5.41) is 8.48. The Bertz CT molecular complexity index is 144. The second-order valence-corrected chi connectivity index (χ2v) is 2.65. The summed E-state index contributed by atoms with van der Waals surface area (Å²) < 4.78 is 5.12. The number of aliphatic carboxylic acids is 1. The summed E-state index contributed by atoms with van der Waals surface area (Å²) in [5.41, 5.74) is 0. The van der Waals surface area contributed by atoms with Gasteiger partial charge in [0.2, 0.25) is 0 Å². The third kappa shape index (κ3) is 0.580. The molecule has 9 heavy (non-hydrogen) atoms. The molecule has 0 spiro atoms. The van der Waals surface area contributed by atoms with E-state index in [-0.39, 0.29) is 12.0 Å². The van der Waals surface area contributed by atoms with Crippen molar-refractivity contribution >= 4 is 5.97 Å². The van der Waals surface area contributed by atoms with Gasteiger partial charge in [-0.15, -0.1) is 0 Å². The van der Waals surface area contributed by atoms with Crippen molar-refractivity contribution in [3.05, 3.63) is 0 Å². The minimum atomic E-state index is -0.690. The number of rotatable bonds is 1. The van der Waals surface area contributed by atoms with E-state index in [1.165, 1.54) is 0 Å². The minimum Gasteiger partial charge on any atom is -0.481 e. The van der Waals surface area contributed by atoms with Crippen molar-refractivity contribution in [3.8, 4) is 0 Å². The van der Waals surface area contributed by atoms with E-state index in [0.29, 0.717) is 5.92 Å². The molecule has 0 aromatic heterocycles. The highest BCUT2D eigenvalue weighted by Gasteiger charge is 2.58. The Balaban J connectivity index is 2.02. The van der Waals surface area contributed by atoms with E-state index in [1.807, 2.05) is 0 Å². The van der Waals surface area contributed by atoms with Crippen molar-refractivity contribution < 1.29 is 14.6 Å². The molecule has 1 saturated carbocycles. The highest BCUT2D eigenvalue weighted by Crippen LogP contribution is 2.48. The zero-order valence-electron chi connectivity index (χ0n) is 4.91. The summed E-state index contributed by atoms with van der Waals surface area (Å²) in [4.78, 5) is 10.3. The lowest BCUT2D eigenvalue weighted by molar-refractivity contribution is -0.140. The lowest BCUT2D eigenvalue weighted by atomic mass is 10.2. The first kappa shape index (κ1) is 5.23. The smallest absolute Gasteiger partial charge is 0.309 e. The van der Waals surface area contributed by atoms with Gasteiger partial charge < -0.3 is 9.84 Å². The molecule has 3 atom stereocenters. The van der Waals surface area contributed by atoms with Gasteiger partial charge in [0.25, 0.3) is 0 Å². The predicted octanol–water partition coefficient (Wildman–Crippen LogP) is 0.106. The molecular weight excluding hydrogens is 120 g/mol. The van der Waals surface area contributed by atoms with Gasteiger partial charge in [0.15, 0.2) is 0 Å². The fourth-order valence-electron chi connectivity index (χ4n) is 1.58. The van der Waals surface area contributed by atoms with Crippen LogP contribution in [0.15, 0.2) is 0 Å². The molecule has 3 unspecified atom stereocenters.